The summed E-state index contributed by atoms with van der Waals surface area (Å²) in [5.74, 6) is -0.833. The second kappa shape index (κ2) is 8.07. The fraction of sp³-hybridized carbons (Fsp3) is 0.250. The summed E-state index contributed by atoms with van der Waals surface area (Å²) in [6.45, 7) is 4.66. The summed E-state index contributed by atoms with van der Waals surface area (Å²) < 4.78 is 1.03. The molecule has 0 aromatic heterocycles. The highest BCUT2D eigenvalue weighted by atomic mass is 79.9. The molecule has 16 heavy (non-hydrogen) atoms. The maximum absolute atomic E-state index is 9.52. The molecule has 0 amide bonds. The maximum Gasteiger partial charge on any atom is 0.300 e. The molecule has 0 aliphatic heterocycles. The van der Waals surface area contributed by atoms with Crippen LogP contribution in [0.1, 0.15) is 25.0 Å². The van der Waals surface area contributed by atoms with Crippen LogP contribution in [0, 0.1) is 0 Å². The molecule has 1 aromatic rings. The first-order valence-electron chi connectivity index (χ1n) is 4.71. The van der Waals surface area contributed by atoms with Gasteiger partial charge in [0.25, 0.3) is 5.97 Å². The summed E-state index contributed by atoms with van der Waals surface area (Å²) in [4.78, 5) is 9.00. The Kier molecular flexibility index (Phi) is 7.50. The van der Waals surface area contributed by atoms with Gasteiger partial charge >= 0.3 is 0 Å². The highest BCUT2D eigenvalue weighted by Crippen LogP contribution is 2.19. The van der Waals surface area contributed by atoms with Crippen molar-refractivity contribution in [2.24, 2.45) is 0 Å². The van der Waals surface area contributed by atoms with Crippen molar-refractivity contribution in [1.29, 1.82) is 0 Å². The van der Waals surface area contributed by atoms with Gasteiger partial charge in [0.2, 0.25) is 0 Å². The van der Waals surface area contributed by atoms with Crippen LogP contribution in [0.3, 0.4) is 0 Å². The number of carboxylic acid groups (broad SMARTS) is 1. The summed E-state index contributed by atoms with van der Waals surface area (Å²) in [6.07, 6.45) is 1.89. The number of benzene rings is 1. The van der Waals surface area contributed by atoms with Gasteiger partial charge in [0, 0.05) is 11.4 Å². The van der Waals surface area contributed by atoms with Crippen LogP contribution in [0.5, 0.6) is 0 Å². The predicted octanol–water partition coefficient (Wildman–Crippen LogP) is 3.15. The van der Waals surface area contributed by atoms with Crippen LogP contribution in [-0.2, 0) is 4.79 Å². The first-order valence-corrected chi connectivity index (χ1v) is 5.50. The van der Waals surface area contributed by atoms with Gasteiger partial charge in [0.05, 0.1) is 6.10 Å². The number of carbonyl (C=O) groups is 1. The Hall–Kier alpha value is -1.13. The number of halogens is 1. The van der Waals surface area contributed by atoms with E-state index in [1.54, 1.807) is 6.08 Å². The smallest absolute Gasteiger partial charge is 0.300 e. The molecule has 1 atom stereocenters. The Bertz CT molecular complexity index is 329. The topological polar surface area (TPSA) is 57.5 Å². The first kappa shape index (κ1) is 14.9. The third-order valence-corrected chi connectivity index (χ3v) is 2.17. The Balaban J connectivity index is 0.000000487. The number of rotatable bonds is 3. The van der Waals surface area contributed by atoms with E-state index in [1.807, 2.05) is 24.3 Å². The van der Waals surface area contributed by atoms with Crippen LogP contribution in [0.2, 0.25) is 0 Å². The molecule has 0 aliphatic carbocycles. The largest absolute Gasteiger partial charge is 0.481 e. The van der Waals surface area contributed by atoms with E-state index in [4.69, 9.17) is 9.90 Å². The maximum atomic E-state index is 9.52. The lowest BCUT2D eigenvalue weighted by Gasteiger charge is -2.07. The zero-order valence-corrected chi connectivity index (χ0v) is 10.6. The van der Waals surface area contributed by atoms with Crippen LogP contribution < -0.4 is 0 Å². The zero-order chi connectivity index (χ0) is 12.6. The lowest BCUT2D eigenvalue weighted by Crippen LogP contribution is -1.94. The molecule has 0 saturated heterocycles. The molecule has 0 saturated carbocycles. The van der Waals surface area contributed by atoms with Gasteiger partial charge in [0.1, 0.15) is 0 Å². The SMILES string of the molecule is C=CCC(O)c1ccc(Br)cc1.CC(=O)O. The monoisotopic (exact) mass is 286 g/mol. The third-order valence-electron chi connectivity index (χ3n) is 1.64. The molecule has 0 spiro atoms. The molecule has 3 nitrogen and oxygen atoms in total. The average molecular weight is 287 g/mol. The lowest BCUT2D eigenvalue weighted by molar-refractivity contribution is -0.134. The molecule has 1 unspecified atom stereocenters. The van der Waals surface area contributed by atoms with E-state index >= 15 is 0 Å². The molecule has 2 N–H and O–H groups in total. The minimum atomic E-state index is -0.833. The number of hydrogen-bond acceptors (Lipinski definition) is 2. The normalized spacial score (nSPS) is 10.9. The number of carboxylic acids is 1. The average Bonchev–Trinajstić information content (AvgIpc) is 2.18. The molecule has 0 fully saturated rings. The van der Waals surface area contributed by atoms with E-state index in [0.717, 1.165) is 17.0 Å². The minimum Gasteiger partial charge on any atom is -0.481 e. The van der Waals surface area contributed by atoms with Gasteiger partial charge < -0.3 is 10.2 Å². The third kappa shape index (κ3) is 7.20. The predicted molar refractivity (Wildman–Crippen MR) is 67.2 cm³/mol. The van der Waals surface area contributed by atoms with Crippen molar-refractivity contribution >= 4 is 21.9 Å². The minimum absolute atomic E-state index is 0.421. The molecule has 4 heteroatoms. The van der Waals surface area contributed by atoms with Gasteiger partial charge in [-0.3, -0.25) is 4.79 Å². The van der Waals surface area contributed by atoms with Crippen LogP contribution >= 0.6 is 15.9 Å². The molecular formula is C12H15BrO3. The van der Waals surface area contributed by atoms with E-state index < -0.39 is 12.1 Å². The fourth-order valence-electron chi connectivity index (χ4n) is 0.979. The molecular weight excluding hydrogens is 272 g/mol. The van der Waals surface area contributed by atoms with E-state index in [2.05, 4.69) is 22.5 Å². The standard InChI is InChI=1S/C10H11BrO.C2H4O2/c1-2-3-10(12)8-4-6-9(11)7-5-8;1-2(3)4/h2,4-7,10,12H,1,3H2;1H3,(H,3,4). The molecule has 88 valence electrons. The Morgan fingerprint density at radius 3 is 2.31 bits per heavy atom. The van der Waals surface area contributed by atoms with Gasteiger partial charge in [-0.2, -0.15) is 0 Å². The van der Waals surface area contributed by atoms with E-state index in [-0.39, 0.29) is 0 Å². The second-order valence-electron chi connectivity index (χ2n) is 3.11. The van der Waals surface area contributed by atoms with Crippen LogP contribution in [-0.4, -0.2) is 16.2 Å². The summed E-state index contributed by atoms with van der Waals surface area (Å²) in [5.41, 5.74) is 0.929. The fourth-order valence-corrected chi connectivity index (χ4v) is 1.24. The van der Waals surface area contributed by atoms with E-state index in [1.165, 1.54) is 0 Å². The van der Waals surface area contributed by atoms with Gasteiger partial charge in [-0.25, -0.2) is 0 Å². The van der Waals surface area contributed by atoms with Crippen molar-refractivity contribution in [1.82, 2.24) is 0 Å². The van der Waals surface area contributed by atoms with Crippen molar-refractivity contribution < 1.29 is 15.0 Å². The summed E-state index contributed by atoms with van der Waals surface area (Å²) in [7, 11) is 0. The Labute approximate surface area is 104 Å². The number of aliphatic carboxylic acids is 1. The van der Waals surface area contributed by atoms with Crippen LogP contribution in [0.15, 0.2) is 41.4 Å². The Morgan fingerprint density at radius 1 is 1.50 bits per heavy atom. The van der Waals surface area contributed by atoms with Gasteiger partial charge in [-0.1, -0.05) is 34.1 Å². The summed E-state index contributed by atoms with van der Waals surface area (Å²) >= 11 is 3.33. The van der Waals surface area contributed by atoms with Crippen molar-refractivity contribution in [3.8, 4) is 0 Å². The van der Waals surface area contributed by atoms with Gasteiger partial charge in [-0.15, -0.1) is 6.58 Å². The second-order valence-corrected chi connectivity index (χ2v) is 4.03. The lowest BCUT2D eigenvalue weighted by atomic mass is 10.1. The van der Waals surface area contributed by atoms with Crippen molar-refractivity contribution in [2.75, 3.05) is 0 Å². The van der Waals surface area contributed by atoms with Crippen molar-refractivity contribution in [3.05, 3.63) is 47.0 Å². The van der Waals surface area contributed by atoms with E-state index in [9.17, 15) is 5.11 Å². The number of aliphatic hydroxyl groups excluding tert-OH is 1. The zero-order valence-electron chi connectivity index (χ0n) is 9.06. The molecule has 1 aromatic carbocycles. The highest BCUT2D eigenvalue weighted by Gasteiger charge is 2.03. The van der Waals surface area contributed by atoms with Crippen molar-refractivity contribution in [3.63, 3.8) is 0 Å². The first-order chi connectivity index (χ1) is 7.47. The molecule has 0 heterocycles. The summed E-state index contributed by atoms with van der Waals surface area (Å²) in [5, 5.41) is 16.9. The highest BCUT2D eigenvalue weighted by molar-refractivity contribution is 9.10. The molecule has 0 radical (unpaired) electrons. The van der Waals surface area contributed by atoms with Crippen molar-refractivity contribution in [2.45, 2.75) is 19.4 Å². The van der Waals surface area contributed by atoms with Gasteiger partial charge in [0.15, 0.2) is 0 Å². The number of hydrogen-bond donors (Lipinski definition) is 2. The molecule has 0 bridgehead atoms. The van der Waals surface area contributed by atoms with Crippen LogP contribution in [0.4, 0.5) is 0 Å². The van der Waals surface area contributed by atoms with Gasteiger partial charge in [-0.05, 0) is 24.1 Å². The summed E-state index contributed by atoms with van der Waals surface area (Å²) in [6, 6.07) is 7.64. The van der Waals surface area contributed by atoms with E-state index in [0.29, 0.717) is 6.42 Å². The number of aliphatic hydroxyl groups is 1. The molecule has 1 rings (SSSR count). The van der Waals surface area contributed by atoms with Crippen LogP contribution in [0.25, 0.3) is 0 Å². The quantitative estimate of drug-likeness (QED) is 0.840. The molecule has 0 aliphatic rings. The Morgan fingerprint density at radius 2 is 1.94 bits per heavy atom.